The van der Waals surface area contributed by atoms with Gasteiger partial charge in [-0.3, -0.25) is 9.63 Å². The van der Waals surface area contributed by atoms with Gasteiger partial charge in [-0.15, -0.1) is 0 Å². The molecule has 0 aromatic heterocycles. The second kappa shape index (κ2) is 7.93. The summed E-state index contributed by atoms with van der Waals surface area (Å²) in [6, 6.07) is 16.6. The number of benzene rings is 2. The molecule has 0 saturated heterocycles. The van der Waals surface area contributed by atoms with E-state index < -0.39 is 6.10 Å². The first-order valence-corrected chi connectivity index (χ1v) is 7.62. The van der Waals surface area contributed by atoms with Crippen molar-refractivity contribution in [2.45, 2.75) is 12.7 Å². The summed E-state index contributed by atoms with van der Waals surface area (Å²) in [7, 11) is 0. The highest BCUT2D eigenvalue weighted by Gasteiger charge is 2.09. The molecule has 0 spiro atoms. The number of rotatable bonds is 7. The van der Waals surface area contributed by atoms with Gasteiger partial charge in [0.15, 0.2) is 0 Å². The molecule has 1 atom stereocenters. The van der Waals surface area contributed by atoms with Crippen LogP contribution in [0, 0.1) is 0 Å². The number of hydrogen-bond acceptors (Lipinski definition) is 3. The maximum atomic E-state index is 11.1. The minimum atomic E-state index is -0.561. The fourth-order valence-corrected chi connectivity index (χ4v) is 2.19. The minimum absolute atomic E-state index is 0.311. The average Bonchev–Trinajstić information content (AvgIpc) is 2.56. The Kier molecular flexibility index (Phi) is 5.92. The fourth-order valence-electron chi connectivity index (χ4n) is 1.82. The molecule has 2 rings (SSSR count). The van der Waals surface area contributed by atoms with Crippen LogP contribution < -0.4 is 5.06 Å². The van der Waals surface area contributed by atoms with Crippen LogP contribution in [0.4, 0.5) is 5.69 Å². The lowest BCUT2D eigenvalue weighted by molar-refractivity contribution is -0.114. The van der Waals surface area contributed by atoms with Crippen LogP contribution in [0.3, 0.4) is 0 Å². The predicted molar refractivity (Wildman–Crippen MR) is 85.0 cm³/mol. The number of nitrogens with zero attached hydrogens (tertiary/aromatic N) is 1. The molecule has 5 heteroatoms. The smallest absolute Gasteiger partial charge is 0.238 e. The van der Waals surface area contributed by atoms with Crippen LogP contribution in [-0.2, 0) is 16.2 Å². The molecule has 0 bridgehead atoms. The fraction of sp³-hybridized carbons (Fsp3) is 0.188. The number of aliphatic hydroxyl groups is 1. The third kappa shape index (κ3) is 4.39. The molecule has 0 aliphatic carbocycles. The summed E-state index contributed by atoms with van der Waals surface area (Å²) in [5.74, 6) is 0. The van der Waals surface area contributed by atoms with E-state index in [0.717, 1.165) is 11.1 Å². The van der Waals surface area contributed by atoms with Crippen LogP contribution in [-0.4, -0.2) is 16.8 Å². The summed E-state index contributed by atoms with van der Waals surface area (Å²) in [5, 5.41) is 11.4. The van der Waals surface area contributed by atoms with Gasteiger partial charge in [0.1, 0.15) is 6.61 Å². The highest BCUT2D eigenvalue weighted by molar-refractivity contribution is 9.09. The van der Waals surface area contributed by atoms with Gasteiger partial charge in [0.25, 0.3) is 0 Å². The molecule has 1 amide bonds. The lowest BCUT2D eigenvalue weighted by Crippen LogP contribution is -2.21. The van der Waals surface area contributed by atoms with Crippen LogP contribution in [0.2, 0.25) is 0 Å². The molecule has 1 N–H and O–H groups in total. The van der Waals surface area contributed by atoms with Crippen molar-refractivity contribution >= 4 is 28.0 Å². The van der Waals surface area contributed by atoms with E-state index in [2.05, 4.69) is 15.9 Å². The molecule has 0 heterocycles. The van der Waals surface area contributed by atoms with Gasteiger partial charge in [-0.2, -0.15) is 5.06 Å². The Morgan fingerprint density at radius 1 is 1.14 bits per heavy atom. The molecule has 0 radical (unpaired) electrons. The summed E-state index contributed by atoms with van der Waals surface area (Å²) in [5.41, 5.74) is 2.38. The standard InChI is InChI=1S/C16H16BrNO3/c17-10-16(20)14-6-8-15(9-7-14)18(12-19)21-11-13-4-2-1-3-5-13/h1-9,12,16,20H,10-11H2/t16-/m0/s1. The van der Waals surface area contributed by atoms with Crippen LogP contribution in [0.1, 0.15) is 17.2 Å². The van der Waals surface area contributed by atoms with Crippen molar-refractivity contribution in [3.8, 4) is 0 Å². The van der Waals surface area contributed by atoms with E-state index in [1.54, 1.807) is 24.3 Å². The van der Waals surface area contributed by atoms with Gasteiger partial charge >= 0.3 is 0 Å². The van der Waals surface area contributed by atoms with E-state index in [1.165, 1.54) is 5.06 Å². The van der Waals surface area contributed by atoms with Gasteiger partial charge in [0, 0.05) is 5.33 Å². The molecule has 21 heavy (non-hydrogen) atoms. The second-order valence-electron chi connectivity index (χ2n) is 4.45. The number of hydroxylamine groups is 1. The molecular formula is C16H16BrNO3. The zero-order valence-electron chi connectivity index (χ0n) is 11.4. The molecule has 2 aromatic rings. The van der Waals surface area contributed by atoms with Crippen molar-refractivity contribution in [2.75, 3.05) is 10.4 Å². The van der Waals surface area contributed by atoms with Crippen molar-refractivity contribution < 1.29 is 14.7 Å². The Morgan fingerprint density at radius 2 is 1.81 bits per heavy atom. The van der Waals surface area contributed by atoms with E-state index >= 15 is 0 Å². The zero-order chi connectivity index (χ0) is 15.1. The highest BCUT2D eigenvalue weighted by atomic mass is 79.9. The molecule has 0 fully saturated rings. The molecule has 0 aliphatic heterocycles. The zero-order valence-corrected chi connectivity index (χ0v) is 12.9. The monoisotopic (exact) mass is 349 g/mol. The number of carbonyl (C=O) groups is 1. The van der Waals surface area contributed by atoms with E-state index in [1.807, 2.05) is 30.3 Å². The maximum absolute atomic E-state index is 11.1. The van der Waals surface area contributed by atoms with Crippen molar-refractivity contribution in [3.63, 3.8) is 0 Å². The number of aliphatic hydroxyl groups excluding tert-OH is 1. The first-order chi connectivity index (χ1) is 10.2. The quantitative estimate of drug-likeness (QED) is 0.474. The predicted octanol–water partition coefficient (Wildman–Crippen LogP) is 3.21. The normalized spacial score (nSPS) is 11.9. The van der Waals surface area contributed by atoms with Crippen molar-refractivity contribution in [2.24, 2.45) is 0 Å². The lowest BCUT2D eigenvalue weighted by atomic mass is 10.1. The van der Waals surface area contributed by atoms with Gasteiger partial charge in [0.05, 0.1) is 11.8 Å². The van der Waals surface area contributed by atoms with E-state index in [-0.39, 0.29) is 0 Å². The molecule has 4 nitrogen and oxygen atoms in total. The van der Waals surface area contributed by atoms with Crippen LogP contribution in [0.15, 0.2) is 54.6 Å². The Labute approximate surface area is 132 Å². The SMILES string of the molecule is O=CN(OCc1ccccc1)c1ccc([C@@H](O)CBr)cc1. The van der Waals surface area contributed by atoms with Gasteiger partial charge in [-0.25, -0.2) is 0 Å². The summed E-state index contributed by atoms with van der Waals surface area (Å²) in [6.45, 7) is 0.311. The molecular weight excluding hydrogens is 334 g/mol. The number of alkyl halides is 1. The van der Waals surface area contributed by atoms with Gasteiger partial charge in [-0.1, -0.05) is 58.4 Å². The third-order valence-corrected chi connectivity index (χ3v) is 3.60. The van der Waals surface area contributed by atoms with Crippen LogP contribution in [0.25, 0.3) is 0 Å². The summed E-state index contributed by atoms with van der Waals surface area (Å²) in [6.07, 6.45) is 0.0627. The van der Waals surface area contributed by atoms with Crippen LogP contribution >= 0.6 is 15.9 Å². The molecule has 0 aliphatic rings. The summed E-state index contributed by atoms with van der Waals surface area (Å²) in [4.78, 5) is 16.6. The highest BCUT2D eigenvalue weighted by Crippen LogP contribution is 2.20. The topological polar surface area (TPSA) is 49.8 Å². The van der Waals surface area contributed by atoms with Crippen molar-refractivity contribution in [3.05, 3.63) is 65.7 Å². The first kappa shape index (κ1) is 15.7. The Bertz CT molecular complexity index is 559. The van der Waals surface area contributed by atoms with E-state index in [0.29, 0.717) is 24.0 Å². The Balaban J connectivity index is 2.02. The number of anilines is 1. The Morgan fingerprint density at radius 3 is 2.38 bits per heavy atom. The van der Waals surface area contributed by atoms with Crippen molar-refractivity contribution in [1.29, 1.82) is 0 Å². The van der Waals surface area contributed by atoms with E-state index in [9.17, 15) is 9.90 Å². The average molecular weight is 350 g/mol. The molecule has 110 valence electrons. The van der Waals surface area contributed by atoms with Gasteiger partial charge < -0.3 is 5.11 Å². The lowest BCUT2D eigenvalue weighted by Gasteiger charge is -2.17. The number of hydrogen-bond donors (Lipinski definition) is 1. The molecule has 0 unspecified atom stereocenters. The Hall–Kier alpha value is -1.69. The molecule has 2 aromatic carbocycles. The molecule has 0 saturated carbocycles. The number of amides is 1. The first-order valence-electron chi connectivity index (χ1n) is 6.50. The van der Waals surface area contributed by atoms with Gasteiger partial charge in [-0.05, 0) is 23.3 Å². The maximum Gasteiger partial charge on any atom is 0.238 e. The second-order valence-corrected chi connectivity index (χ2v) is 5.10. The summed E-state index contributed by atoms with van der Waals surface area (Å²) < 4.78 is 0. The van der Waals surface area contributed by atoms with E-state index in [4.69, 9.17) is 4.84 Å². The van der Waals surface area contributed by atoms with Crippen molar-refractivity contribution in [1.82, 2.24) is 0 Å². The minimum Gasteiger partial charge on any atom is -0.388 e. The van der Waals surface area contributed by atoms with Crippen LogP contribution in [0.5, 0.6) is 0 Å². The number of halogens is 1. The van der Waals surface area contributed by atoms with Gasteiger partial charge in [0.2, 0.25) is 6.41 Å². The number of carbonyl (C=O) groups excluding carboxylic acids is 1. The summed E-state index contributed by atoms with van der Waals surface area (Å²) >= 11 is 3.22. The third-order valence-electron chi connectivity index (χ3n) is 2.99. The largest absolute Gasteiger partial charge is 0.388 e.